The Morgan fingerprint density at radius 3 is 2.75 bits per heavy atom. The van der Waals surface area contributed by atoms with Crippen LogP contribution in [0.4, 0.5) is 5.00 Å². The summed E-state index contributed by atoms with van der Waals surface area (Å²) in [6, 6.07) is 0. The minimum Gasteiger partial charge on any atom is -0.378 e. The molecule has 0 aromatic carbocycles. The van der Waals surface area contributed by atoms with E-state index in [0.717, 1.165) is 34.3 Å². The van der Waals surface area contributed by atoms with E-state index >= 15 is 0 Å². The molecule has 2 aromatic heterocycles. The maximum absolute atomic E-state index is 4.52. The van der Waals surface area contributed by atoms with Crippen molar-refractivity contribution in [2.75, 3.05) is 12.4 Å². The van der Waals surface area contributed by atoms with Gasteiger partial charge in [0.1, 0.15) is 5.00 Å². The lowest BCUT2D eigenvalue weighted by molar-refractivity contribution is 0.752. The third kappa shape index (κ3) is 1.69. The van der Waals surface area contributed by atoms with E-state index in [1.807, 2.05) is 25.7 Å². The van der Waals surface area contributed by atoms with Crippen LogP contribution < -0.4 is 5.32 Å². The van der Waals surface area contributed by atoms with Gasteiger partial charge in [-0.2, -0.15) is 9.47 Å². The minimum atomic E-state index is 0.847. The van der Waals surface area contributed by atoms with E-state index in [1.54, 1.807) is 0 Å². The molecule has 6 heteroatoms. The molecule has 0 saturated heterocycles. The molecule has 0 fully saturated rings. The smallest absolute Gasteiger partial charge is 0.163 e. The summed E-state index contributed by atoms with van der Waals surface area (Å²) in [4.78, 5) is 4.52. The van der Waals surface area contributed by atoms with Crippen LogP contribution in [0.25, 0.3) is 11.4 Å². The first-order valence-electron chi connectivity index (χ1n) is 5.21. The number of aryl methyl sites for hydroxylation is 3. The van der Waals surface area contributed by atoms with E-state index in [2.05, 4.69) is 26.7 Å². The average Bonchev–Trinajstić information content (AvgIpc) is 2.81. The standard InChI is InChI=1S/C10H15N5S/c1-5-7-12-9(15(4)13-7)8-6(2)14-16-10(8)11-3/h11H,5H2,1-4H3. The monoisotopic (exact) mass is 237 g/mol. The van der Waals surface area contributed by atoms with Crippen LogP contribution in [0.5, 0.6) is 0 Å². The van der Waals surface area contributed by atoms with E-state index in [0.29, 0.717) is 0 Å². The molecule has 0 radical (unpaired) electrons. The molecule has 0 bridgehead atoms. The minimum absolute atomic E-state index is 0.847. The van der Waals surface area contributed by atoms with E-state index in [1.165, 1.54) is 11.5 Å². The van der Waals surface area contributed by atoms with Crippen molar-refractivity contribution >= 4 is 16.5 Å². The Bertz CT molecular complexity index is 499. The molecule has 0 saturated carbocycles. The number of rotatable bonds is 3. The SMILES string of the molecule is CCc1nc(-c2c(C)nsc2NC)n(C)n1. The van der Waals surface area contributed by atoms with Crippen LogP contribution >= 0.6 is 11.5 Å². The highest BCUT2D eigenvalue weighted by molar-refractivity contribution is 7.10. The lowest BCUT2D eigenvalue weighted by Gasteiger charge is -2.01. The van der Waals surface area contributed by atoms with Gasteiger partial charge in [-0.15, -0.1) is 0 Å². The fourth-order valence-electron chi connectivity index (χ4n) is 1.61. The lowest BCUT2D eigenvalue weighted by Crippen LogP contribution is -1.97. The lowest BCUT2D eigenvalue weighted by atomic mass is 10.2. The molecule has 0 unspecified atom stereocenters. The number of aromatic nitrogens is 4. The summed E-state index contributed by atoms with van der Waals surface area (Å²) in [5, 5.41) is 8.54. The second kappa shape index (κ2) is 4.21. The highest BCUT2D eigenvalue weighted by Crippen LogP contribution is 2.32. The van der Waals surface area contributed by atoms with Gasteiger partial charge in [0.2, 0.25) is 0 Å². The van der Waals surface area contributed by atoms with Crippen molar-refractivity contribution in [2.45, 2.75) is 20.3 Å². The summed E-state index contributed by atoms with van der Waals surface area (Å²) >= 11 is 1.45. The molecule has 0 aliphatic rings. The molecular formula is C10H15N5S. The molecule has 0 amide bonds. The molecule has 2 aromatic rings. The summed E-state index contributed by atoms with van der Waals surface area (Å²) < 4.78 is 6.15. The first kappa shape index (κ1) is 11.1. The van der Waals surface area contributed by atoms with Crippen LogP contribution in [0, 0.1) is 6.92 Å². The molecule has 2 rings (SSSR count). The Kier molecular flexibility index (Phi) is 2.91. The van der Waals surface area contributed by atoms with E-state index in [4.69, 9.17) is 0 Å². The summed E-state index contributed by atoms with van der Waals surface area (Å²) in [6.45, 7) is 4.05. The highest BCUT2D eigenvalue weighted by atomic mass is 32.1. The maximum Gasteiger partial charge on any atom is 0.163 e. The summed E-state index contributed by atoms with van der Waals surface area (Å²) in [7, 11) is 3.81. The third-order valence-electron chi connectivity index (χ3n) is 2.44. The number of nitrogens with zero attached hydrogens (tertiary/aromatic N) is 4. The van der Waals surface area contributed by atoms with Crippen molar-refractivity contribution in [1.82, 2.24) is 19.1 Å². The summed E-state index contributed by atoms with van der Waals surface area (Å²) in [5.74, 6) is 1.75. The van der Waals surface area contributed by atoms with Gasteiger partial charge in [0.25, 0.3) is 0 Å². The summed E-state index contributed by atoms with van der Waals surface area (Å²) in [5.41, 5.74) is 2.05. The van der Waals surface area contributed by atoms with Crippen molar-refractivity contribution in [3.8, 4) is 11.4 Å². The third-order valence-corrected chi connectivity index (χ3v) is 3.39. The van der Waals surface area contributed by atoms with Crippen molar-refractivity contribution in [3.63, 3.8) is 0 Å². The molecule has 86 valence electrons. The molecule has 5 nitrogen and oxygen atoms in total. The Morgan fingerprint density at radius 1 is 1.44 bits per heavy atom. The normalized spacial score (nSPS) is 10.8. The second-order valence-electron chi connectivity index (χ2n) is 3.55. The Balaban J connectivity index is 2.57. The predicted molar refractivity (Wildman–Crippen MR) is 65.8 cm³/mol. The molecule has 2 heterocycles. The van der Waals surface area contributed by atoms with Crippen LogP contribution in [-0.4, -0.2) is 26.2 Å². The van der Waals surface area contributed by atoms with Crippen LogP contribution in [0.15, 0.2) is 0 Å². The fourth-order valence-corrected chi connectivity index (χ4v) is 2.35. The quantitative estimate of drug-likeness (QED) is 0.885. The molecule has 16 heavy (non-hydrogen) atoms. The second-order valence-corrected chi connectivity index (χ2v) is 4.32. The van der Waals surface area contributed by atoms with Gasteiger partial charge in [-0.1, -0.05) is 6.92 Å². The predicted octanol–water partition coefficient (Wildman–Crippen LogP) is 1.85. The van der Waals surface area contributed by atoms with Crippen LogP contribution in [-0.2, 0) is 13.5 Å². The first-order valence-corrected chi connectivity index (χ1v) is 5.99. The number of hydrogen-bond donors (Lipinski definition) is 1. The van der Waals surface area contributed by atoms with Crippen molar-refractivity contribution in [3.05, 3.63) is 11.5 Å². The first-order chi connectivity index (χ1) is 7.67. The molecule has 0 aliphatic carbocycles. The average molecular weight is 237 g/mol. The highest BCUT2D eigenvalue weighted by Gasteiger charge is 2.17. The Morgan fingerprint density at radius 2 is 2.19 bits per heavy atom. The summed E-state index contributed by atoms with van der Waals surface area (Å²) in [6.07, 6.45) is 0.847. The largest absolute Gasteiger partial charge is 0.378 e. The number of anilines is 1. The zero-order valence-electron chi connectivity index (χ0n) is 9.90. The van der Waals surface area contributed by atoms with Gasteiger partial charge in [-0.3, -0.25) is 0 Å². The topological polar surface area (TPSA) is 55.6 Å². The van der Waals surface area contributed by atoms with Gasteiger partial charge in [-0.05, 0) is 18.5 Å². The Hall–Kier alpha value is -1.43. The molecule has 0 aliphatic heterocycles. The Labute approximate surface area is 98.7 Å². The van der Waals surface area contributed by atoms with Gasteiger partial charge in [0, 0.05) is 20.5 Å². The fraction of sp³-hybridized carbons (Fsp3) is 0.500. The van der Waals surface area contributed by atoms with Crippen LogP contribution in [0.3, 0.4) is 0 Å². The number of hydrogen-bond acceptors (Lipinski definition) is 5. The van der Waals surface area contributed by atoms with E-state index in [-0.39, 0.29) is 0 Å². The van der Waals surface area contributed by atoms with Crippen molar-refractivity contribution in [1.29, 1.82) is 0 Å². The van der Waals surface area contributed by atoms with Gasteiger partial charge >= 0.3 is 0 Å². The number of nitrogens with one attached hydrogen (secondary N) is 1. The van der Waals surface area contributed by atoms with Gasteiger partial charge < -0.3 is 5.32 Å². The van der Waals surface area contributed by atoms with Crippen molar-refractivity contribution < 1.29 is 0 Å². The molecule has 0 atom stereocenters. The van der Waals surface area contributed by atoms with Gasteiger partial charge in [-0.25, -0.2) is 9.67 Å². The molecule has 0 spiro atoms. The van der Waals surface area contributed by atoms with Crippen LogP contribution in [0.2, 0.25) is 0 Å². The van der Waals surface area contributed by atoms with Gasteiger partial charge in [0.15, 0.2) is 11.6 Å². The molecule has 1 N–H and O–H groups in total. The van der Waals surface area contributed by atoms with Crippen molar-refractivity contribution in [2.24, 2.45) is 7.05 Å². The zero-order chi connectivity index (χ0) is 11.7. The van der Waals surface area contributed by atoms with E-state index < -0.39 is 0 Å². The zero-order valence-corrected chi connectivity index (χ0v) is 10.7. The molecular weight excluding hydrogens is 222 g/mol. The van der Waals surface area contributed by atoms with Gasteiger partial charge in [0.05, 0.1) is 11.3 Å². The van der Waals surface area contributed by atoms with E-state index in [9.17, 15) is 0 Å². The van der Waals surface area contributed by atoms with Crippen LogP contribution in [0.1, 0.15) is 18.4 Å². The maximum atomic E-state index is 4.52.